The van der Waals surface area contributed by atoms with E-state index in [0.29, 0.717) is 60.7 Å². The van der Waals surface area contributed by atoms with Crippen molar-refractivity contribution in [2.45, 2.75) is 70.7 Å². The molecule has 58 heavy (non-hydrogen) atoms. The molecule has 1 atom stereocenters. The van der Waals surface area contributed by atoms with E-state index in [1.54, 1.807) is 28.7 Å². The minimum Gasteiger partial charge on any atom is -0.485 e. The van der Waals surface area contributed by atoms with Gasteiger partial charge in [0, 0.05) is 36.0 Å². The van der Waals surface area contributed by atoms with Gasteiger partial charge in [-0.1, -0.05) is 48.9 Å². The van der Waals surface area contributed by atoms with Crippen molar-refractivity contribution in [1.82, 2.24) is 39.0 Å². The standard InChI is InChI=1S/C41H37ClF3N9O4/c1-23-11-14-46-30(17-23)36-50-39-53(20-31(55)49-29-10-9-27(18-28(29)42)41(43,44)45)34-24(2)19-40(32(34)37(56)54(39)51-36)12-15-52(16-13-40)38(57)33-35(25(3)47-22-48-33)58-21-26-7-5-4-6-8-26/h4-11,14,17-18,22,24H,12-13,15-16,19-21H2,1-3H3,(H,49,55). The molecule has 298 valence electrons. The average Bonchev–Trinajstić information content (AvgIpc) is 3.77. The highest BCUT2D eigenvalue weighted by molar-refractivity contribution is 6.33. The van der Waals surface area contributed by atoms with Crippen LogP contribution < -0.4 is 15.6 Å². The number of carbonyl (C=O) groups excluding carboxylic acids is 2. The molecule has 0 bridgehead atoms. The first-order valence-corrected chi connectivity index (χ1v) is 19.0. The predicted octanol–water partition coefficient (Wildman–Crippen LogP) is 6.93. The number of rotatable bonds is 8. The van der Waals surface area contributed by atoms with Gasteiger partial charge in [0.05, 0.1) is 22.0 Å². The summed E-state index contributed by atoms with van der Waals surface area (Å²) in [5, 5.41) is 6.95. The number of anilines is 1. The number of amides is 2. The van der Waals surface area contributed by atoms with Crippen LogP contribution in [0.3, 0.4) is 0 Å². The summed E-state index contributed by atoms with van der Waals surface area (Å²) in [4.78, 5) is 61.9. The van der Waals surface area contributed by atoms with Gasteiger partial charge in [-0.05, 0) is 80.5 Å². The molecule has 13 nitrogen and oxygen atoms in total. The van der Waals surface area contributed by atoms with Gasteiger partial charge in [0.15, 0.2) is 11.4 Å². The van der Waals surface area contributed by atoms with Crippen molar-refractivity contribution >= 4 is 34.9 Å². The van der Waals surface area contributed by atoms with Crippen molar-refractivity contribution in [1.29, 1.82) is 0 Å². The summed E-state index contributed by atoms with van der Waals surface area (Å²) in [6, 6.07) is 15.9. The molecule has 1 saturated heterocycles. The van der Waals surface area contributed by atoms with Gasteiger partial charge in [0.1, 0.15) is 25.2 Å². The van der Waals surface area contributed by atoms with Crippen LogP contribution in [0.5, 0.6) is 5.75 Å². The van der Waals surface area contributed by atoms with Crippen molar-refractivity contribution in [2.24, 2.45) is 0 Å². The van der Waals surface area contributed by atoms with E-state index in [9.17, 15) is 27.6 Å². The number of fused-ring (bicyclic) bond motifs is 3. The van der Waals surface area contributed by atoms with Gasteiger partial charge in [-0.3, -0.25) is 19.4 Å². The maximum atomic E-state index is 14.6. The summed E-state index contributed by atoms with van der Waals surface area (Å²) >= 11 is 6.19. The highest BCUT2D eigenvalue weighted by atomic mass is 35.5. The van der Waals surface area contributed by atoms with E-state index in [4.69, 9.17) is 21.3 Å². The van der Waals surface area contributed by atoms with E-state index in [1.807, 2.05) is 50.2 Å². The Morgan fingerprint density at radius 2 is 1.78 bits per heavy atom. The van der Waals surface area contributed by atoms with Crippen LogP contribution in [-0.4, -0.2) is 63.9 Å². The van der Waals surface area contributed by atoms with Gasteiger partial charge >= 0.3 is 6.18 Å². The number of likely N-dealkylation sites (tertiary alicyclic amines) is 1. The number of alkyl halides is 3. The number of aromatic nitrogens is 7. The minimum atomic E-state index is -4.61. The number of nitrogens with zero attached hydrogens (tertiary/aromatic N) is 8. The zero-order valence-electron chi connectivity index (χ0n) is 31.7. The predicted molar refractivity (Wildman–Crippen MR) is 208 cm³/mol. The van der Waals surface area contributed by atoms with Crippen LogP contribution in [0.15, 0.2) is 78.0 Å². The van der Waals surface area contributed by atoms with E-state index < -0.39 is 23.1 Å². The van der Waals surface area contributed by atoms with Gasteiger partial charge in [-0.2, -0.15) is 22.7 Å². The largest absolute Gasteiger partial charge is 0.485 e. The molecule has 1 unspecified atom stereocenters. The zero-order valence-corrected chi connectivity index (χ0v) is 32.4. The van der Waals surface area contributed by atoms with Crippen molar-refractivity contribution in [2.75, 3.05) is 18.4 Å². The van der Waals surface area contributed by atoms with Gasteiger partial charge in [0.25, 0.3) is 11.5 Å². The monoisotopic (exact) mass is 811 g/mol. The molecule has 5 heterocycles. The number of ether oxygens (including phenoxy) is 1. The van der Waals surface area contributed by atoms with Crippen LogP contribution in [0.25, 0.3) is 17.3 Å². The lowest BCUT2D eigenvalue weighted by Gasteiger charge is -2.39. The number of piperidine rings is 1. The van der Waals surface area contributed by atoms with Crippen LogP contribution in [-0.2, 0) is 29.5 Å². The van der Waals surface area contributed by atoms with Crippen molar-refractivity contribution < 1.29 is 27.5 Å². The lowest BCUT2D eigenvalue weighted by Crippen LogP contribution is -2.47. The van der Waals surface area contributed by atoms with E-state index >= 15 is 0 Å². The summed E-state index contributed by atoms with van der Waals surface area (Å²) in [5.41, 5.74) is 2.01. The fourth-order valence-electron chi connectivity index (χ4n) is 8.18. The Labute approximate surface area is 334 Å². The third-order valence-electron chi connectivity index (χ3n) is 10.9. The lowest BCUT2D eigenvalue weighted by molar-refractivity contribution is -0.137. The molecule has 1 spiro atoms. The molecular weight excluding hydrogens is 775 g/mol. The summed E-state index contributed by atoms with van der Waals surface area (Å²) in [7, 11) is 0. The highest BCUT2D eigenvalue weighted by Gasteiger charge is 2.49. The Hall–Kier alpha value is -6.16. The van der Waals surface area contributed by atoms with Gasteiger partial charge in [-0.25, -0.2) is 9.97 Å². The molecule has 2 aliphatic rings. The molecule has 8 rings (SSSR count). The molecule has 4 aromatic heterocycles. The van der Waals surface area contributed by atoms with Crippen LogP contribution in [0.2, 0.25) is 5.02 Å². The topological polar surface area (TPSA) is 149 Å². The van der Waals surface area contributed by atoms with E-state index in [0.717, 1.165) is 29.3 Å². The second-order valence-electron chi connectivity index (χ2n) is 14.8. The molecule has 17 heteroatoms. The Morgan fingerprint density at radius 3 is 2.48 bits per heavy atom. The molecule has 2 aromatic carbocycles. The van der Waals surface area contributed by atoms with Crippen LogP contribution in [0, 0.1) is 13.8 Å². The molecule has 0 radical (unpaired) electrons. The van der Waals surface area contributed by atoms with Crippen molar-refractivity contribution in [3.05, 3.63) is 128 Å². The third kappa shape index (κ3) is 7.16. The number of aryl methyl sites for hydroxylation is 2. The number of benzene rings is 2. The Bertz CT molecular complexity index is 2640. The molecule has 2 amide bonds. The lowest BCUT2D eigenvalue weighted by atomic mass is 9.73. The first-order chi connectivity index (χ1) is 27.7. The first-order valence-electron chi connectivity index (χ1n) is 18.6. The number of hydrogen-bond acceptors (Lipinski definition) is 9. The van der Waals surface area contributed by atoms with E-state index in [-0.39, 0.29) is 58.5 Å². The zero-order chi connectivity index (χ0) is 40.9. The average molecular weight is 812 g/mol. The summed E-state index contributed by atoms with van der Waals surface area (Å²) in [5.74, 6) is -0.550. The molecular formula is C41H37ClF3N9O4. The smallest absolute Gasteiger partial charge is 0.416 e. The normalized spacial score (nSPS) is 16.1. The summed E-state index contributed by atoms with van der Waals surface area (Å²) in [6.45, 7) is 6.12. The number of nitrogens with one attached hydrogen (secondary N) is 1. The van der Waals surface area contributed by atoms with Crippen molar-refractivity contribution in [3.8, 4) is 17.3 Å². The number of hydrogen-bond donors (Lipinski definition) is 1. The second kappa shape index (κ2) is 15.0. The van der Waals surface area contributed by atoms with E-state index in [1.165, 1.54) is 10.8 Å². The Morgan fingerprint density at radius 1 is 1.02 bits per heavy atom. The van der Waals surface area contributed by atoms with Gasteiger partial charge < -0.3 is 19.5 Å². The van der Waals surface area contributed by atoms with Gasteiger partial charge in [0.2, 0.25) is 17.5 Å². The molecule has 0 saturated carbocycles. The molecule has 1 fully saturated rings. The summed E-state index contributed by atoms with van der Waals surface area (Å²) < 4.78 is 48.9. The first kappa shape index (κ1) is 38.7. The molecule has 1 aliphatic carbocycles. The number of halogens is 4. The molecule has 1 aliphatic heterocycles. The fourth-order valence-corrected chi connectivity index (χ4v) is 8.40. The Balaban J connectivity index is 1.13. The van der Waals surface area contributed by atoms with Crippen LogP contribution in [0.4, 0.5) is 18.9 Å². The SMILES string of the molecule is Cc1ccnc(-c2nc3n(CC(=O)Nc4ccc(C(F)(F)F)cc4Cl)c4c(c(=O)n3n2)C2(CCN(C(=O)c3ncnc(C)c3OCc3ccccc3)CC2)CC4C)c1. The number of pyridine rings is 1. The maximum absolute atomic E-state index is 14.6. The quantitative estimate of drug-likeness (QED) is 0.173. The van der Waals surface area contributed by atoms with E-state index in [2.05, 4.69) is 25.4 Å². The second-order valence-corrected chi connectivity index (χ2v) is 15.3. The Kier molecular flexibility index (Phi) is 9.99. The molecule has 1 N–H and O–H groups in total. The van der Waals surface area contributed by atoms with Crippen molar-refractivity contribution in [3.63, 3.8) is 0 Å². The van der Waals surface area contributed by atoms with Crippen LogP contribution in [0.1, 0.15) is 76.2 Å². The summed E-state index contributed by atoms with van der Waals surface area (Å²) in [6.07, 6.45) is -0.228. The van der Waals surface area contributed by atoms with Gasteiger partial charge in [-0.15, -0.1) is 5.10 Å². The third-order valence-corrected chi connectivity index (χ3v) is 11.2. The molecule has 6 aromatic rings. The highest BCUT2D eigenvalue weighted by Crippen LogP contribution is 2.50. The van der Waals surface area contributed by atoms with Crippen LogP contribution >= 0.6 is 11.6 Å². The minimum absolute atomic E-state index is 0.00597. The number of carbonyl (C=O) groups is 2. The fraction of sp³-hybridized carbons (Fsp3) is 0.317. The maximum Gasteiger partial charge on any atom is 0.416 e.